The molecule has 0 radical (unpaired) electrons. The van der Waals surface area contributed by atoms with Crippen molar-refractivity contribution in [2.75, 3.05) is 11.9 Å². The maximum Gasteiger partial charge on any atom is 0.271 e. The van der Waals surface area contributed by atoms with Gasteiger partial charge in [0.1, 0.15) is 23.0 Å². The molecular weight excluding hydrogens is 328 g/mol. The van der Waals surface area contributed by atoms with E-state index in [1.165, 1.54) is 12.4 Å². The van der Waals surface area contributed by atoms with Crippen LogP contribution in [-0.4, -0.2) is 22.4 Å². The van der Waals surface area contributed by atoms with Crippen molar-refractivity contribution in [1.82, 2.24) is 15.3 Å². The van der Waals surface area contributed by atoms with Crippen molar-refractivity contribution >= 4 is 17.4 Å². The number of rotatable bonds is 7. The fourth-order valence-corrected chi connectivity index (χ4v) is 2.22. The number of amides is 1. The number of ether oxygens (including phenoxy) is 1. The number of nitrogens with one attached hydrogen (secondary N) is 2. The molecule has 1 heterocycles. The molecule has 0 bridgehead atoms. The lowest BCUT2D eigenvalue weighted by molar-refractivity contribution is 0.0948. The highest BCUT2D eigenvalue weighted by atomic mass is 16.5. The summed E-state index contributed by atoms with van der Waals surface area (Å²) in [5.41, 5.74) is 1.15. The molecule has 0 aliphatic carbocycles. The highest BCUT2D eigenvalue weighted by Crippen LogP contribution is 2.23. The lowest BCUT2D eigenvalue weighted by Crippen LogP contribution is -2.25. The van der Waals surface area contributed by atoms with Crippen molar-refractivity contribution in [1.29, 1.82) is 0 Å². The lowest BCUT2D eigenvalue weighted by atomic mass is 10.3. The molecule has 0 aliphatic rings. The van der Waals surface area contributed by atoms with Gasteiger partial charge in [0, 0.05) is 12.2 Å². The molecule has 1 aromatic heterocycles. The molecule has 0 unspecified atom stereocenters. The van der Waals surface area contributed by atoms with Gasteiger partial charge in [-0.3, -0.25) is 4.79 Å². The number of carbonyl (C=O) groups excluding carboxylic acids is 1. The summed E-state index contributed by atoms with van der Waals surface area (Å²) >= 11 is 0. The van der Waals surface area contributed by atoms with Crippen LogP contribution in [0.5, 0.6) is 11.5 Å². The molecule has 2 N–H and O–H groups in total. The van der Waals surface area contributed by atoms with E-state index in [1.807, 2.05) is 61.5 Å². The predicted octanol–water partition coefficient (Wildman–Crippen LogP) is 4.15. The van der Waals surface area contributed by atoms with Gasteiger partial charge in [0.25, 0.3) is 5.91 Å². The average Bonchev–Trinajstić information content (AvgIpc) is 2.69. The normalized spacial score (nSPS) is 10.2. The van der Waals surface area contributed by atoms with Crippen molar-refractivity contribution in [2.24, 2.45) is 0 Å². The zero-order valence-electron chi connectivity index (χ0n) is 14.5. The van der Waals surface area contributed by atoms with Crippen LogP contribution in [-0.2, 0) is 0 Å². The Balaban J connectivity index is 1.59. The third kappa shape index (κ3) is 4.80. The first kappa shape index (κ1) is 17.4. The van der Waals surface area contributed by atoms with Crippen molar-refractivity contribution < 1.29 is 9.53 Å². The summed E-state index contributed by atoms with van der Waals surface area (Å²) in [5.74, 6) is 1.88. The van der Waals surface area contributed by atoms with E-state index in [2.05, 4.69) is 20.6 Å². The van der Waals surface area contributed by atoms with Gasteiger partial charge in [-0.25, -0.2) is 9.97 Å². The molecule has 26 heavy (non-hydrogen) atoms. The Morgan fingerprint density at radius 1 is 0.962 bits per heavy atom. The third-order valence-electron chi connectivity index (χ3n) is 3.53. The van der Waals surface area contributed by atoms with Crippen LogP contribution in [0.25, 0.3) is 0 Å². The second-order valence-electron chi connectivity index (χ2n) is 5.61. The Bertz CT molecular complexity index is 834. The largest absolute Gasteiger partial charge is 0.457 e. The second kappa shape index (κ2) is 8.62. The van der Waals surface area contributed by atoms with Crippen molar-refractivity contribution in [2.45, 2.75) is 13.3 Å². The Morgan fingerprint density at radius 2 is 1.69 bits per heavy atom. The SMILES string of the molecule is CCCNC(=O)c1cnc(Nc2ccc(Oc3ccccc3)cc2)cn1. The van der Waals surface area contributed by atoms with E-state index in [-0.39, 0.29) is 5.91 Å². The smallest absolute Gasteiger partial charge is 0.271 e. The van der Waals surface area contributed by atoms with Gasteiger partial charge in [0.05, 0.1) is 12.4 Å². The van der Waals surface area contributed by atoms with E-state index in [0.29, 0.717) is 18.1 Å². The number of benzene rings is 2. The molecule has 6 heteroatoms. The van der Waals surface area contributed by atoms with Crippen LogP contribution in [0.15, 0.2) is 67.0 Å². The first-order valence-corrected chi connectivity index (χ1v) is 8.45. The summed E-state index contributed by atoms with van der Waals surface area (Å²) in [5, 5.41) is 5.91. The molecule has 6 nitrogen and oxygen atoms in total. The molecule has 2 aromatic carbocycles. The summed E-state index contributed by atoms with van der Waals surface area (Å²) in [6.07, 6.45) is 3.87. The van der Waals surface area contributed by atoms with E-state index in [9.17, 15) is 4.79 Å². The van der Waals surface area contributed by atoms with Gasteiger partial charge >= 0.3 is 0 Å². The van der Waals surface area contributed by atoms with Gasteiger partial charge in [-0.1, -0.05) is 25.1 Å². The fourth-order valence-electron chi connectivity index (χ4n) is 2.22. The minimum atomic E-state index is -0.215. The van der Waals surface area contributed by atoms with Crippen molar-refractivity contribution in [3.05, 3.63) is 72.7 Å². The maximum absolute atomic E-state index is 11.8. The number of hydrogen-bond donors (Lipinski definition) is 2. The Labute approximate surface area is 152 Å². The van der Waals surface area contributed by atoms with E-state index >= 15 is 0 Å². The number of aromatic nitrogens is 2. The van der Waals surface area contributed by atoms with Gasteiger partial charge < -0.3 is 15.4 Å². The standard InChI is InChI=1S/C20H20N4O2/c1-2-12-21-20(25)18-13-23-19(14-22-18)24-15-8-10-17(11-9-15)26-16-6-4-3-5-7-16/h3-11,13-14H,2,12H2,1H3,(H,21,25)(H,23,24). The zero-order chi connectivity index (χ0) is 18.2. The minimum Gasteiger partial charge on any atom is -0.457 e. The van der Waals surface area contributed by atoms with E-state index in [0.717, 1.165) is 23.6 Å². The van der Waals surface area contributed by atoms with Crippen molar-refractivity contribution in [3.63, 3.8) is 0 Å². The molecule has 1 amide bonds. The lowest BCUT2D eigenvalue weighted by Gasteiger charge is -2.08. The molecule has 0 aliphatic heterocycles. The molecule has 0 fully saturated rings. The molecular formula is C20H20N4O2. The van der Waals surface area contributed by atoms with E-state index in [1.54, 1.807) is 0 Å². The summed E-state index contributed by atoms with van der Waals surface area (Å²) in [7, 11) is 0. The fraction of sp³-hybridized carbons (Fsp3) is 0.150. The minimum absolute atomic E-state index is 0.215. The van der Waals surface area contributed by atoms with Gasteiger partial charge in [-0.05, 0) is 42.8 Å². The average molecular weight is 348 g/mol. The summed E-state index contributed by atoms with van der Waals surface area (Å²) < 4.78 is 5.76. The van der Waals surface area contributed by atoms with E-state index < -0.39 is 0 Å². The number of hydrogen-bond acceptors (Lipinski definition) is 5. The first-order valence-electron chi connectivity index (χ1n) is 8.45. The molecule has 0 saturated heterocycles. The van der Waals surface area contributed by atoms with Gasteiger partial charge in [0.15, 0.2) is 0 Å². The molecule has 3 aromatic rings. The number of para-hydroxylation sites is 1. The molecule has 132 valence electrons. The topological polar surface area (TPSA) is 76.1 Å². The highest BCUT2D eigenvalue weighted by Gasteiger charge is 2.07. The van der Waals surface area contributed by atoms with Crippen LogP contribution in [0.4, 0.5) is 11.5 Å². The summed E-state index contributed by atoms with van der Waals surface area (Å²) in [6, 6.07) is 17.1. The predicted molar refractivity (Wildman–Crippen MR) is 101 cm³/mol. The van der Waals surface area contributed by atoms with Crippen LogP contribution in [0, 0.1) is 0 Å². The monoisotopic (exact) mass is 348 g/mol. The molecule has 0 spiro atoms. The summed E-state index contributed by atoms with van der Waals surface area (Å²) in [6.45, 7) is 2.62. The first-order chi connectivity index (χ1) is 12.7. The molecule has 0 atom stereocenters. The number of nitrogens with zero attached hydrogens (tertiary/aromatic N) is 2. The second-order valence-corrected chi connectivity index (χ2v) is 5.61. The Hall–Kier alpha value is -3.41. The van der Waals surface area contributed by atoms with E-state index in [4.69, 9.17) is 4.74 Å². The van der Waals surface area contributed by atoms with Gasteiger partial charge in [0.2, 0.25) is 0 Å². The zero-order valence-corrected chi connectivity index (χ0v) is 14.5. The molecule has 3 rings (SSSR count). The van der Waals surface area contributed by atoms with Crippen LogP contribution in [0.3, 0.4) is 0 Å². The highest BCUT2D eigenvalue weighted by molar-refractivity contribution is 5.92. The van der Waals surface area contributed by atoms with Crippen molar-refractivity contribution in [3.8, 4) is 11.5 Å². The van der Waals surface area contributed by atoms with Crippen LogP contribution in [0.1, 0.15) is 23.8 Å². The molecule has 0 saturated carbocycles. The van der Waals surface area contributed by atoms with Gasteiger partial charge in [-0.2, -0.15) is 0 Å². The quantitative estimate of drug-likeness (QED) is 0.671. The Morgan fingerprint density at radius 3 is 2.35 bits per heavy atom. The van der Waals surface area contributed by atoms with Crippen LogP contribution in [0.2, 0.25) is 0 Å². The summed E-state index contributed by atoms with van der Waals surface area (Å²) in [4.78, 5) is 20.2. The number of anilines is 2. The third-order valence-corrected chi connectivity index (χ3v) is 3.53. The van der Waals surface area contributed by atoms with Crippen LogP contribution < -0.4 is 15.4 Å². The Kier molecular flexibility index (Phi) is 5.77. The maximum atomic E-state index is 11.8. The van der Waals surface area contributed by atoms with Crippen LogP contribution >= 0.6 is 0 Å². The van der Waals surface area contributed by atoms with Gasteiger partial charge in [-0.15, -0.1) is 0 Å². The number of carbonyl (C=O) groups is 1.